The van der Waals surface area contributed by atoms with E-state index in [1.54, 1.807) is 6.08 Å². The second-order valence-electron chi connectivity index (χ2n) is 6.11. The summed E-state index contributed by atoms with van der Waals surface area (Å²) in [5.74, 6) is -0.592. The molecule has 0 aliphatic carbocycles. The lowest BCUT2D eigenvalue weighted by Gasteiger charge is -2.15. The number of carbonyl (C=O) groups is 1. The first kappa shape index (κ1) is 18.6. The van der Waals surface area contributed by atoms with Gasteiger partial charge >= 0.3 is 6.18 Å². The molecule has 3 aromatic rings. The molecule has 0 spiro atoms. The van der Waals surface area contributed by atoms with E-state index in [1.807, 2.05) is 60.7 Å². The van der Waals surface area contributed by atoms with Crippen molar-refractivity contribution in [2.45, 2.75) is 12.1 Å². The molecule has 1 nitrogen and oxygen atoms in total. The summed E-state index contributed by atoms with van der Waals surface area (Å²) < 4.78 is 37.9. The molecule has 3 rings (SSSR count). The lowest BCUT2D eigenvalue weighted by Crippen LogP contribution is -2.11. The standard InChI is InChI=1S/C23H17F3O/c24-23(25,26)20-14-11-17(12-15-20)13-16-21(27)22(18-7-3-1-4-8-18)19-9-5-2-6-10-19/h1-16,22H. The number of hydrogen-bond acceptors (Lipinski definition) is 1. The Morgan fingerprint density at radius 3 is 1.67 bits per heavy atom. The van der Waals surface area contributed by atoms with Gasteiger partial charge in [-0.3, -0.25) is 4.79 Å². The van der Waals surface area contributed by atoms with E-state index in [2.05, 4.69) is 0 Å². The van der Waals surface area contributed by atoms with Gasteiger partial charge in [0.2, 0.25) is 0 Å². The van der Waals surface area contributed by atoms with Crippen LogP contribution in [0.4, 0.5) is 13.2 Å². The monoisotopic (exact) mass is 366 g/mol. The van der Waals surface area contributed by atoms with Crippen molar-refractivity contribution in [2.24, 2.45) is 0 Å². The Morgan fingerprint density at radius 2 is 1.22 bits per heavy atom. The molecule has 0 aliphatic heterocycles. The highest BCUT2D eigenvalue weighted by atomic mass is 19.4. The van der Waals surface area contributed by atoms with Crippen LogP contribution in [-0.2, 0) is 11.0 Å². The van der Waals surface area contributed by atoms with Gasteiger partial charge in [0.05, 0.1) is 11.5 Å². The first-order chi connectivity index (χ1) is 12.9. The SMILES string of the molecule is O=C(C=Cc1ccc(C(F)(F)F)cc1)C(c1ccccc1)c1ccccc1. The van der Waals surface area contributed by atoms with E-state index in [9.17, 15) is 18.0 Å². The average molecular weight is 366 g/mol. The van der Waals surface area contributed by atoms with E-state index in [4.69, 9.17) is 0 Å². The summed E-state index contributed by atoms with van der Waals surface area (Å²) in [6.45, 7) is 0. The third-order valence-electron chi connectivity index (χ3n) is 4.23. The fourth-order valence-corrected chi connectivity index (χ4v) is 2.87. The first-order valence-corrected chi connectivity index (χ1v) is 8.44. The molecule has 0 N–H and O–H groups in total. The molecule has 0 atom stereocenters. The fourth-order valence-electron chi connectivity index (χ4n) is 2.87. The predicted molar refractivity (Wildman–Crippen MR) is 100 cm³/mol. The number of halogens is 3. The Bertz CT molecular complexity index is 872. The van der Waals surface area contributed by atoms with Crippen LogP contribution in [0.15, 0.2) is 91.0 Å². The van der Waals surface area contributed by atoms with Crippen molar-refractivity contribution in [3.63, 3.8) is 0 Å². The van der Waals surface area contributed by atoms with Crippen LogP contribution < -0.4 is 0 Å². The summed E-state index contributed by atoms with van der Waals surface area (Å²) in [7, 11) is 0. The van der Waals surface area contributed by atoms with Gasteiger partial charge in [0.25, 0.3) is 0 Å². The maximum Gasteiger partial charge on any atom is 0.416 e. The van der Waals surface area contributed by atoms with Crippen molar-refractivity contribution in [1.29, 1.82) is 0 Å². The third-order valence-corrected chi connectivity index (χ3v) is 4.23. The summed E-state index contributed by atoms with van der Waals surface area (Å²) in [5, 5.41) is 0. The minimum atomic E-state index is -4.37. The second kappa shape index (κ2) is 8.04. The predicted octanol–water partition coefficient (Wildman–Crippen LogP) is 6.12. The lowest BCUT2D eigenvalue weighted by molar-refractivity contribution is -0.137. The van der Waals surface area contributed by atoms with Crippen LogP contribution >= 0.6 is 0 Å². The van der Waals surface area contributed by atoms with Crippen molar-refractivity contribution in [2.75, 3.05) is 0 Å². The lowest BCUT2D eigenvalue weighted by atomic mass is 9.87. The number of carbonyl (C=O) groups excluding carboxylic acids is 1. The van der Waals surface area contributed by atoms with Gasteiger partial charge in [-0.15, -0.1) is 0 Å². The Labute approximate surface area is 155 Å². The number of benzene rings is 3. The van der Waals surface area contributed by atoms with Gasteiger partial charge in [-0.05, 0) is 34.9 Å². The molecule has 0 unspecified atom stereocenters. The van der Waals surface area contributed by atoms with Crippen molar-refractivity contribution < 1.29 is 18.0 Å². The van der Waals surface area contributed by atoms with Crippen molar-refractivity contribution in [3.05, 3.63) is 113 Å². The highest BCUT2D eigenvalue weighted by Crippen LogP contribution is 2.29. The molecule has 0 radical (unpaired) electrons. The molecule has 3 aromatic carbocycles. The quantitative estimate of drug-likeness (QED) is 0.497. The molecule has 0 bridgehead atoms. The van der Waals surface area contributed by atoms with Gasteiger partial charge < -0.3 is 0 Å². The van der Waals surface area contributed by atoms with Gasteiger partial charge in [0.15, 0.2) is 5.78 Å². The zero-order valence-corrected chi connectivity index (χ0v) is 14.4. The van der Waals surface area contributed by atoms with Crippen LogP contribution in [0.1, 0.15) is 28.2 Å². The van der Waals surface area contributed by atoms with E-state index in [-0.39, 0.29) is 5.78 Å². The maximum atomic E-state index is 12.9. The number of ketones is 1. The molecule has 0 fully saturated rings. The van der Waals surface area contributed by atoms with Gasteiger partial charge in [0, 0.05) is 0 Å². The van der Waals surface area contributed by atoms with Gasteiger partial charge in [-0.1, -0.05) is 78.9 Å². The van der Waals surface area contributed by atoms with Crippen molar-refractivity contribution in [3.8, 4) is 0 Å². The topological polar surface area (TPSA) is 17.1 Å². The number of allylic oxidation sites excluding steroid dienone is 1. The van der Waals surface area contributed by atoms with E-state index in [0.717, 1.165) is 23.3 Å². The first-order valence-electron chi connectivity index (χ1n) is 8.44. The number of alkyl halides is 3. The van der Waals surface area contributed by atoms with E-state index >= 15 is 0 Å². The van der Waals surface area contributed by atoms with E-state index in [0.29, 0.717) is 5.56 Å². The molecule has 0 aliphatic rings. The number of hydrogen-bond donors (Lipinski definition) is 0. The Balaban J connectivity index is 1.86. The Morgan fingerprint density at radius 1 is 0.741 bits per heavy atom. The summed E-state index contributed by atoms with van der Waals surface area (Å²) in [4.78, 5) is 12.9. The summed E-state index contributed by atoms with van der Waals surface area (Å²) in [6, 6.07) is 23.5. The smallest absolute Gasteiger partial charge is 0.294 e. The highest BCUT2D eigenvalue weighted by molar-refractivity contribution is 6.00. The van der Waals surface area contributed by atoms with Crippen LogP contribution in [0.5, 0.6) is 0 Å². The van der Waals surface area contributed by atoms with E-state index in [1.165, 1.54) is 18.2 Å². The zero-order valence-electron chi connectivity index (χ0n) is 14.4. The maximum absolute atomic E-state index is 12.9. The number of rotatable bonds is 5. The molecule has 0 heterocycles. The minimum absolute atomic E-state index is 0.132. The Hall–Kier alpha value is -3.14. The Kier molecular flexibility index (Phi) is 5.55. The van der Waals surface area contributed by atoms with Gasteiger partial charge in [-0.2, -0.15) is 13.2 Å². The van der Waals surface area contributed by atoms with Crippen LogP contribution in [-0.4, -0.2) is 5.78 Å². The average Bonchev–Trinajstić information content (AvgIpc) is 2.68. The molecule has 0 saturated carbocycles. The normalized spacial score (nSPS) is 11.9. The summed E-state index contributed by atoms with van der Waals surface area (Å²) >= 11 is 0. The largest absolute Gasteiger partial charge is 0.416 e. The van der Waals surface area contributed by atoms with Gasteiger partial charge in [-0.25, -0.2) is 0 Å². The minimum Gasteiger partial charge on any atom is -0.294 e. The van der Waals surface area contributed by atoms with Crippen LogP contribution in [0.3, 0.4) is 0 Å². The third kappa shape index (κ3) is 4.73. The van der Waals surface area contributed by atoms with Gasteiger partial charge in [0.1, 0.15) is 0 Å². The second-order valence-corrected chi connectivity index (χ2v) is 6.11. The summed E-state index contributed by atoms with van der Waals surface area (Å²) in [5.41, 5.74) is 1.56. The molecule has 4 heteroatoms. The summed E-state index contributed by atoms with van der Waals surface area (Å²) in [6.07, 6.45) is -1.40. The fraction of sp³-hybridized carbons (Fsp3) is 0.0870. The molecular formula is C23H17F3O. The zero-order chi connectivity index (χ0) is 19.3. The van der Waals surface area contributed by atoms with Crippen LogP contribution in [0, 0.1) is 0 Å². The van der Waals surface area contributed by atoms with Crippen molar-refractivity contribution in [1.82, 2.24) is 0 Å². The molecule has 0 aromatic heterocycles. The molecule has 136 valence electrons. The highest BCUT2D eigenvalue weighted by Gasteiger charge is 2.29. The molecule has 0 amide bonds. The van der Waals surface area contributed by atoms with E-state index < -0.39 is 17.7 Å². The molecule has 0 saturated heterocycles. The molecule has 27 heavy (non-hydrogen) atoms. The van der Waals surface area contributed by atoms with Crippen LogP contribution in [0.2, 0.25) is 0 Å². The van der Waals surface area contributed by atoms with Crippen molar-refractivity contribution >= 4 is 11.9 Å². The molecular weight excluding hydrogens is 349 g/mol. The van der Waals surface area contributed by atoms with Crippen LogP contribution in [0.25, 0.3) is 6.08 Å².